The molecule has 2 heterocycles. The molecule has 10 heteroatoms. The zero-order valence-electron chi connectivity index (χ0n) is 31.2. The van der Waals surface area contributed by atoms with Crippen molar-refractivity contribution in [2.24, 2.45) is 5.92 Å². The van der Waals surface area contributed by atoms with Gasteiger partial charge in [0.25, 0.3) is 0 Å². The molecular weight excluding hydrogens is 665 g/mol. The summed E-state index contributed by atoms with van der Waals surface area (Å²) in [5.74, 6) is 0.894. The van der Waals surface area contributed by atoms with Crippen molar-refractivity contribution in [2.45, 2.75) is 90.1 Å². The van der Waals surface area contributed by atoms with Crippen LogP contribution in [-0.4, -0.2) is 51.3 Å². The summed E-state index contributed by atoms with van der Waals surface area (Å²) in [4.78, 5) is 34.8. The Morgan fingerprint density at radius 2 is 1.89 bits per heavy atom. The first-order chi connectivity index (χ1) is 25.6. The summed E-state index contributed by atoms with van der Waals surface area (Å²) < 4.78 is 7.98. The molecule has 0 saturated carbocycles. The van der Waals surface area contributed by atoms with E-state index in [1.54, 1.807) is 28.8 Å². The molecule has 1 aliphatic heterocycles. The Bertz CT molecular complexity index is 2060. The van der Waals surface area contributed by atoms with Crippen LogP contribution in [0.4, 0.5) is 15.3 Å². The summed E-state index contributed by atoms with van der Waals surface area (Å²) >= 11 is 0. The number of carbonyl (C=O) groups excluding carboxylic acids is 2. The Morgan fingerprint density at radius 3 is 2.62 bits per heavy atom. The first-order valence-electron chi connectivity index (χ1n) is 18.7. The molecule has 2 unspecified atom stereocenters. The lowest BCUT2D eigenvalue weighted by Crippen LogP contribution is -2.47. The van der Waals surface area contributed by atoms with Crippen molar-refractivity contribution < 1.29 is 19.4 Å². The van der Waals surface area contributed by atoms with Gasteiger partial charge in [-0.3, -0.25) is 4.90 Å². The van der Waals surface area contributed by atoms with E-state index in [1.165, 1.54) is 5.57 Å². The summed E-state index contributed by atoms with van der Waals surface area (Å²) in [6.07, 6.45) is 8.51. The van der Waals surface area contributed by atoms with E-state index < -0.39 is 6.09 Å². The molecular formula is C43H50N6O4. The number of carbonyl (C=O) groups is 2. The Kier molecular flexibility index (Phi) is 11.6. The smallest absolute Gasteiger partial charge is 0.425 e. The number of anilines is 1. The number of rotatable bonds is 10. The molecule has 0 spiro atoms. The minimum Gasteiger partial charge on any atom is -0.507 e. The summed E-state index contributed by atoms with van der Waals surface area (Å²) in [6.45, 7) is 11.2. The monoisotopic (exact) mass is 714 g/mol. The van der Waals surface area contributed by atoms with Gasteiger partial charge >= 0.3 is 12.1 Å². The predicted molar refractivity (Wildman–Crippen MR) is 208 cm³/mol. The summed E-state index contributed by atoms with van der Waals surface area (Å²) in [7, 11) is 2.00. The lowest BCUT2D eigenvalue weighted by molar-refractivity contribution is 0.147. The van der Waals surface area contributed by atoms with Crippen molar-refractivity contribution in [3.63, 3.8) is 0 Å². The predicted octanol–water partition coefficient (Wildman–Crippen LogP) is 9.37. The number of piperidine rings is 1. The van der Waals surface area contributed by atoms with Gasteiger partial charge in [-0.1, -0.05) is 55.7 Å². The van der Waals surface area contributed by atoms with Gasteiger partial charge in [0.2, 0.25) is 0 Å². The number of para-hydroxylation sites is 2. The van der Waals surface area contributed by atoms with E-state index in [2.05, 4.69) is 48.1 Å². The number of fused-ring (bicyclic) bond motifs is 1. The Labute approximate surface area is 312 Å². The lowest BCUT2D eigenvalue weighted by Gasteiger charge is -2.37. The number of aromatic hydroxyl groups is 1. The number of ether oxygens (including phenoxy) is 1. The molecule has 53 heavy (non-hydrogen) atoms. The molecule has 1 aromatic heterocycles. The van der Waals surface area contributed by atoms with Crippen LogP contribution in [-0.2, 0) is 6.42 Å². The van der Waals surface area contributed by atoms with Crippen LogP contribution in [0.3, 0.4) is 0 Å². The van der Waals surface area contributed by atoms with Gasteiger partial charge in [0.15, 0.2) is 0 Å². The van der Waals surface area contributed by atoms with Gasteiger partial charge in [-0.15, -0.1) is 0 Å². The maximum atomic E-state index is 14.6. The quantitative estimate of drug-likeness (QED) is 0.110. The molecule has 4 atom stereocenters. The second kappa shape index (κ2) is 16.5. The average Bonchev–Trinajstić information content (AvgIpc) is 3.52. The Morgan fingerprint density at radius 1 is 1.11 bits per heavy atom. The number of hydrogen-bond donors (Lipinski definition) is 3. The van der Waals surface area contributed by atoms with Crippen LogP contribution in [0.5, 0.6) is 11.5 Å². The highest BCUT2D eigenvalue weighted by Gasteiger charge is 2.35. The number of aromatic nitrogens is 2. The Balaban J connectivity index is 1.33. The number of allylic oxidation sites excluding steroid dienone is 3. The van der Waals surface area contributed by atoms with E-state index in [9.17, 15) is 14.7 Å². The van der Waals surface area contributed by atoms with Gasteiger partial charge in [0, 0.05) is 29.8 Å². The molecule has 1 aliphatic carbocycles. The number of amides is 2. The largest absolute Gasteiger partial charge is 0.507 e. The standard InChI is InChI=1S/C43H50N6O4/c1-6-7-8-11-30-23-38(50)40(34-22-28(4)14-19-33(34)27(2)3)39(24-30)53-43(52)49-36-13-10-9-12-35(36)47-41(49)37-25-32(20-21-48(37)5)46-42(51)45-31-17-15-29(26-44)16-18-31/h9-10,12-13,15-18,22-24,32-34,37,50H,2,6-8,11,14,19-21,25H2,1,3-5H3,(H2,45,46,51)/t32-,33?,34?,37-/m1/s1. The molecule has 3 N–H and O–H groups in total. The van der Waals surface area contributed by atoms with E-state index in [0.717, 1.165) is 49.7 Å². The molecule has 3 aromatic carbocycles. The van der Waals surface area contributed by atoms with E-state index in [0.29, 0.717) is 58.8 Å². The second-order valence-corrected chi connectivity index (χ2v) is 14.7. The maximum absolute atomic E-state index is 14.6. The van der Waals surface area contributed by atoms with E-state index >= 15 is 0 Å². The lowest BCUT2D eigenvalue weighted by atomic mass is 9.73. The van der Waals surface area contributed by atoms with Gasteiger partial charge in [-0.2, -0.15) is 5.26 Å². The van der Waals surface area contributed by atoms with Crippen LogP contribution in [0.15, 0.2) is 84.5 Å². The highest BCUT2D eigenvalue weighted by Crippen LogP contribution is 2.47. The van der Waals surface area contributed by atoms with E-state index in [4.69, 9.17) is 15.0 Å². The van der Waals surface area contributed by atoms with E-state index in [1.807, 2.05) is 50.4 Å². The van der Waals surface area contributed by atoms with Crippen molar-refractivity contribution in [1.82, 2.24) is 19.8 Å². The SMILES string of the molecule is C=C(C)C1CCC(C)=CC1c1c(O)cc(CCCCC)cc1OC(=O)n1c([C@H]2C[C@H](NC(=O)Nc3ccc(C#N)cc3)CCN2C)nc2ccccc21. The number of nitrogens with one attached hydrogen (secondary N) is 2. The van der Waals surface area contributed by atoms with Crippen LogP contribution in [0, 0.1) is 17.2 Å². The normalized spacial score (nSPS) is 20.3. The van der Waals surface area contributed by atoms with Gasteiger partial charge in [0.05, 0.1) is 28.7 Å². The van der Waals surface area contributed by atoms with Crippen LogP contribution >= 0.6 is 0 Å². The third-order valence-corrected chi connectivity index (χ3v) is 10.7. The number of benzene rings is 3. The van der Waals surface area contributed by atoms with E-state index in [-0.39, 0.29) is 35.7 Å². The number of unbranched alkanes of at least 4 members (excludes halogenated alkanes) is 2. The fourth-order valence-corrected chi connectivity index (χ4v) is 7.81. The van der Waals surface area contributed by atoms with Crippen molar-refractivity contribution in [1.29, 1.82) is 5.26 Å². The van der Waals surface area contributed by atoms with Crippen LogP contribution in [0.25, 0.3) is 11.0 Å². The van der Waals surface area contributed by atoms with Crippen molar-refractivity contribution in [2.75, 3.05) is 18.9 Å². The first kappa shape index (κ1) is 37.4. The molecule has 0 bridgehead atoms. The highest BCUT2D eigenvalue weighted by molar-refractivity contribution is 5.90. The fourth-order valence-electron chi connectivity index (χ4n) is 7.81. The number of nitriles is 1. The molecule has 276 valence electrons. The molecule has 4 aromatic rings. The third-order valence-electron chi connectivity index (χ3n) is 10.7. The number of nitrogens with zero attached hydrogens (tertiary/aromatic N) is 4. The van der Waals surface area contributed by atoms with Crippen molar-refractivity contribution in [3.05, 3.63) is 107 Å². The molecule has 2 amide bonds. The average molecular weight is 715 g/mol. The molecule has 2 aliphatic rings. The topological polar surface area (TPSA) is 133 Å². The summed E-state index contributed by atoms with van der Waals surface area (Å²) in [5.41, 5.74) is 6.15. The van der Waals surface area contributed by atoms with Gasteiger partial charge < -0.3 is 20.5 Å². The number of hydrogen-bond acceptors (Lipinski definition) is 7. The Hall–Kier alpha value is -5.40. The van der Waals surface area contributed by atoms with Gasteiger partial charge in [-0.25, -0.2) is 19.1 Å². The number of phenolic OH excluding ortho intramolecular Hbond substituents is 1. The zero-order chi connectivity index (χ0) is 37.6. The summed E-state index contributed by atoms with van der Waals surface area (Å²) in [5, 5.41) is 26.7. The molecule has 1 fully saturated rings. The van der Waals surface area contributed by atoms with Crippen molar-refractivity contribution >= 4 is 28.8 Å². The molecule has 0 radical (unpaired) electrons. The van der Waals surface area contributed by atoms with Crippen LogP contribution in [0.1, 0.15) is 100 Å². The highest BCUT2D eigenvalue weighted by atomic mass is 16.6. The maximum Gasteiger partial charge on any atom is 0.425 e. The molecule has 6 rings (SSSR count). The van der Waals surface area contributed by atoms with Crippen molar-refractivity contribution in [3.8, 4) is 17.6 Å². The molecule has 1 saturated heterocycles. The first-order valence-corrected chi connectivity index (χ1v) is 18.7. The molecule has 10 nitrogen and oxygen atoms in total. The number of imidazole rings is 1. The minimum absolute atomic E-state index is 0.0899. The fraction of sp³-hybridized carbons (Fsp3) is 0.395. The van der Waals surface area contributed by atoms with Gasteiger partial charge in [0.1, 0.15) is 17.3 Å². The number of aryl methyl sites for hydroxylation is 1. The third kappa shape index (κ3) is 8.47. The summed E-state index contributed by atoms with van der Waals surface area (Å²) in [6, 6.07) is 19.2. The number of likely N-dealkylation sites (tertiary alicyclic amines) is 1. The number of urea groups is 1. The van der Waals surface area contributed by atoms with Crippen LogP contribution in [0.2, 0.25) is 0 Å². The minimum atomic E-state index is -0.606. The van der Waals surface area contributed by atoms with Crippen LogP contribution < -0.4 is 15.4 Å². The second-order valence-electron chi connectivity index (χ2n) is 14.7. The van der Waals surface area contributed by atoms with Gasteiger partial charge in [-0.05, 0) is 119 Å². The number of phenols is 1. The zero-order valence-corrected chi connectivity index (χ0v) is 31.2.